The highest BCUT2D eigenvalue weighted by Crippen LogP contribution is 2.16. The van der Waals surface area contributed by atoms with Crippen LogP contribution in [0, 0.1) is 0 Å². The Morgan fingerprint density at radius 1 is 1.50 bits per heavy atom. The largest absolute Gasteiger partial charge is 0.395 e. The summed E-state index contributed by atoms with van der Waals surface area (Å²) < 4.78 is 1.69. The van der Waals surface area contributed by atoms with Crippen molar-refractivity contribution >= 4 is 5.91 Å². The minimum atomic E-state index is -0.0284. The van der Waals surface area contributed by atoms with Gasteiger partial charge in [0, 0.05) is 25.8 Å². The zero-order valence-corrected chi connectivity index (χ0v) is 13.7. The quantitative estimate of drug-likeness (QED) is 0.702. The maximum atomic E-state index is 12.1. The van der Waals surface area contributed by atoms with Crippen molar-refractivity contribution in [2.45, 2.75) is 45.1 Å². The number of carbonyl (C=O) groups excluding carboxylic acids is 1. The fourth-order valence-electron chi connectivity index (χ4n) is 3.12. The first kappa shape index (κ1) is 17.0. The second-order valence-electron chi connectivity index (χ2n) is 5.99. The Labute approximate surface area is 132 Å². The van der Waals surface area contributed by atoms with E-state index in [0.29, 0.717) is 18.2 Å². The van der Waals surface area contributed by atoms with Crippen molar-refractivity contribution in [2.75, 3.05) is 26.2 Å². The highest BCUT2D eigenvalue weighted by atomic mass is 16.3. The third-order valence-corrected chi connectivity index (χ3v) is 4.35. The predicted molar refractivity (Wildman–Crippen MR) is 85.8 cm³/mol. The number of likely N-dealkylation sites (tertiary alicyclic amines) is 1. The van der Waals surface area contributed by atoms with Gasteiger partial charge in [0.25, 0.3) is 5.91 Å². The molecule has 1 amide bonds. The highest BCUT2D eigenvalue weighted by molar-refractivity contribution is 5.95. The van der Waals surface area contributed by atoms with Crippen molar-refractivity contribution in [1.82, 2.24) is 20.0 Å². The molecule has 1 atom stereocenters. The molecule has 0 radical (unpaired) electrons. The molecule has 0 aromatic carbocycles. The minimum Gasteiger partial charge on any atom is -0.395 e. The summed E-state index contributed by atoms with van der Waals surface area (Å²) in [4.78, 5) is 14.5. The average molecular weight is 308 g/mol. The van der Waals surface area contributed by atoms with E-state index < -0.39 is 0 Å². The van der Waals surface area contributed by atoms with Gasteiger partial charge in [0.15, 0.2) is 0 Å². The zero-order valence-electron chi connectivity index (χ0n) is 13.7. The second-order valence-corrected chi connectivity index (χ2v) is 5.99. The Hall–Kier alpha value is -1.40. The van der Waals surface area contributed by atoms with Crippen LogP contribution >= 0.6 is 0 Å². The van der Waals surface area contributed by atoms with Crippen molar-refractivity contribution in [2.24, 2.45) is 7.05 Å². The molecule has 0 saturated carbocycles. The molecule has 1 aromatic rings. The molecule has 6 heteroatoms. The first-order valence-corrected chi connectivity index (χ1v) is 8.31. The summed E-state index contributed by atoms with van der Waals surface area (Å²) in [7, 11) is 1.84. The van der Waals surface area contributed by atoms with Gasteiger partial charge >= 0.3 is 0 Å². The lowest BCUT2D eigenvalue weighted by atomic mass is 10.2. The molecule has 1 aliphatic rings. The van der Waals surface area contributed by atoms with Crippen LogP contribution in [0.2, 0.25) is 0 Å². The predicted octanol–water partition coefficient (Wildman–Crippen LogP) is 0.949. The number of carbonyl (C=O) groups is 1. The van der Waals surface area contributed by atoms with Gasteiger partial charge in [0.2, 0.25) is 0 Å². The molecule has 2 heterocycles. The van der Waals surface area contributed by atoms with Crippen LogP contribution in [0.1, 0.15) is 48.7 Å². The number of aliphatic hydroxyl groups is 1. The standard InChI is InChI=1S/C16H28N4O2/c1-3-15-14(11-19(2)18-15)16(22)17-8-4-5-9-20-10-6-7-13(20)12-21/h11,13,21H,3-10,12H2,1-2H3,(H,17,22). The van der Waals surface area contributed by atoms with Gasteiger partial charge in [-0.15, -0.1) is 0 Å². The number of aryl methyl sites for hydroxylation is 2. The van der Waals surface area contributed by atoms with Crippen molar-refractivity contribution < 1.29 is 9.90 Å². The van der Waals surface area contributed by atoms with E-state index in [4.69, 9.17) is 0 Å². The zero-order chi connectivity index (χ0) is 15.9. The van der Waals surface area contributed by atoms with Crippen LogP contribution in [-0.4, -0.2) is 58.0 Å². The van der Waals surface area contributed by atoms with E-state index in [1.165, 1.54) is 6.42 Å². The summed E-state index contributed by atoms with van der Waals surface area (Å²) >= 11 is 0. The first-order chi connectivity index (χ1) is 10.7. The number of hydrogen-bond donors (Lipinski definition) is 2. The monoisotopic (exact) mass is 308 g/mol. The second kappa shape index (κ2) is 8.29. The number of hydrogen-bond acceptors (Lipinski definition) is 4. The molecule has 0 spiro atoms. The Morgan fingerprint density at radius 2 is 2.32 bits per heavy atom. The van der Waals surface area contributed by atoms with Crippen LogP contribution in [0.25, 0.3) is 0 Å². The van der Waals surface area contributed by atoms with Crippen LogP contribution in [-0.2, 0) is 13.5 Å². The third-order valence-electron chi connectivity index (χ3n) is 4.35. The summed E-state index contributed by atoms with van der Waals surface area (Å²) in [5.41, 5.74) is 1.53. The molecule has 1 unspecified atom stereocenters. The van der Waals surface area contributed by atoms with Gasteiger partial charge in [-0.05, 0) is 45.2 Å². The lowest BCUT2D eigenvalue weighted by Gasteiger charge is -2.22. The Balaban J connectivity index is 1.67. The van der Waals surface area contributed by atoms with Crippen LogP contribution < -0.4 is 5.32 Å². The lowest BCUT2D eigenvalue weighted by molar-refractivity contribution is 0.0951. The number of aliphatic hydroxyl groups excluding tert-OH is 1. The van der Waals surface area contributed by atoms with E-state index in [-0.39, 0.29) is 12.5 Å². The van der Waals surface area contributed by atoms with Crippen LogP contribution in [0.5, 0.6) is 0 Å². The van der Waals surface area contributed by atoms with Gasteiger partial charge in [0.05, 0.1) is 17.9 Å². The van der Waals surface area contributed by atoms with Crippen LogP contribution in [0.15, 0.2) is 6.20 Å². The molecule has 1 aliphatic heterocycles. The average Bonchev–Trinajstić information content (AvgIpc) is 3.12. The lowest BCUT2D eigenvalue weighted by Crippen LogP contribution is -2.33. The molecule has 0 aliphatic carbocycles. The van der Waals surface area contributed by atoms with E-state index in [1.54, 1.807) is 10.9 Å². The molecule has 2 rings (SSSR count). The molecule has 124 valence electrons. The van der Waals surface area contributed by atoms with E-state index >= 15 is 0 Å². The summed E-state index contributed by atoms with van der Waals surface area (Å²) in [6.45, 7) is 5.06. The maximum Gasteiger partial charge on any atom is 0.254 e. The smallest absolute Gasteiger partial charge is 0.254 e. The number of nitrogens with zero attached hydrogens (tertiary/aromatic N) is 3. The van der Waals surface area contributed by atoms with Gasteiger partial charge in [-0.25, -0.2) is 0 Å². The van der Waals surface area contributed by atoms with Gasteiger partial charge in [0.1, 0.15) is 0 Å². The normalized spacial score (nSPS) is 18.8. The summed E-state index contributed by atoms with van der Waals surface area (Å²) in [5, 5.41) is 16.6. The molecule has 0 bridgehead atoms. The van der Waals surface area contributed by atoms with Gasteiger partial charge in [-0.2, -0.15) is 5.10 Å². The van der Waals surface area contributed by atoms with Crippen molar-refractivity contribution in [3.05, 3.63) is 17.5 Å². The Morgan fingerprint density at radius 3 is 3.05 bits per heavy atom. The molecular formula is C16H28N4O2. The van der Waals surface area contributed by atoms with E-state index in [1.807, 2.05) is 14.0 Å². The van der Waals surface area contributed by atoms with Crippen LogP contribution in [0.4, 0.5) is 0 Å². The van der Waals surface area contributed by atoms with Gasteiger partial charge in [-0.3, -0.25) is 14.4 Å². The number of rotatable bonds is 8. The highest BCUT2D eigenvalue weighted by Gasteiger charge is 2.22. The Bertz CT molecular complexity index is 486. The van der Waals surface area contributed by atoms with Crippen molar-refractivity contribution in [3.63, 3.8) is 0 Å². The molecule has 1 fully saturated rings. The first-order valence-electron chi connectivity index (χ1n) is 8.31. The van der Waals surface area contributed by atoms with E-state index in [0.717, 1.165) is 44.5 Å². The number of amides is 1. The fourth-order valence-corrected chi connectivity index (χ4v) is 3.12. The SMILES string of the molecule is CCc1nn(C)cc1C(=O)NCCCCN1CCCC1CO. The minimum absolute atomic E-state index is 0.0284. The number of unbranched alkanes of at least 4 members (excludes halogenated alkanes) is 1. The molecule has 1 aromatic heterocycles. The number of nitrogens with one attached hydrogen (secondary N) is 1. The van der Waals surface area contributed by atoms with Crippen LogP contribution in [0.3, 0.4) is 0 Å². The maximum absolute atomic E-state index is 12.1. The molecular weight excluding hydrogens is 280 g/mol. The van der Waals surface area contributed by atoms with Gasteiger partial charge in [-0.1, -0.05) is 6.92 Å². The summed E-state index contributed by atoms with van der Waals surface area (Å²) in [6, 6.07) is 0.345. The molecule has 22 heavy (non-hydrogen) atoms. The number of aromatic nitrogens is 2. The molecule has 1 saturated heterocycles. The summed E-state index contributed by atoms with van der Waals surface area (Å²) in [6.07, 6.45) is 6.84. The molecule has 6 nitrogen and oxygen atoms in total. The van der Waals surface area contributed by atoms with Gasteiger partial charge < -0.3 is 10.4 Å². The molecule has 2 N–H and O–H groups in total. The van der Waals surface area contributed by atoms with Crippen molar-refractivity contribution in [3.8, 4) is 0 Å². The fraction of sp³-hybridized carbons (Fsp3) is 0.750. The third kappa shape index (κ3) is 4.30. The van der Waals surface area contributed by atoms with E-state index in [9.17, 15) is 9.90 Å². The van der Waals surface area contributed by atoms with E-state index in [2.05, 4.69) is 15.3 Å². The van der Waals surface area contributed by atoms with Crippen molar-refractivity contribution in [1.29, 1.82) is 0 Å². The topological polar surface area (TPSA) is 70.4 Å². The summed E-state index contributed by atoms with van der Waals surface area (Å²) in [5.74, 6) is -0.0284. The Kier molecular flexibility index (Phi) is 6.39.